The van der Waals surface area contributed by atoms with E-state index < -0.39 is 0 Å². The Morgan fingerprint density at radius 1 is 1.17 bits per heavy atom. The van der Waals surface area contributed by atoms with Gasteiger partial charge in [-0.2, -0.15) is 0 Å². The third-order valence-corrected chi connectivity index (χ3v) is 4.05. The number of hydrogen-bond donors (Lipinski definition) is 1. The highest BCUT2D eigenvalue weighted by Gasteiger charge is 2.16. The Kier molecular flexibility index (Phi) is 6.50. The van der Waals surface area contributed by atoms with Crippen LogP contribution < -0.4 is 5.32 Å². The van der Waals surface area contributed by atoms with Crippen LogP contribution in [0.2, 0.25) is 0 Å². The molecule has 0 fully saturated rings. The molecule has 0 aliphatic carbocycles. The Bertz CT molecular complexity index is 671. The molecule has 1 N–H and O–H groups in total. The summed E-state index contributed by atoms with van der Waals surface area (Å²) in [7, 11) is 4.00. The summed E-state index contributed by atoms with van der Waals surface area (Å²) in [5.41, 5.74) is 2.08. The van der Waals surface area contributed by atoms with Gasteiger partial charge in [-0.25, -0.2) is 4.39 Å². The largest absolute Gasteiger partial charge is 0.356 e. The van der Waals surface area contributed by atoms with Gasteiger partial charge in [-0.05, 0) is 51.2 Å². The van der Waals surface area contributed by atoms with Crippen LogP contribution in [0.3, 0.4) is 0 Å². The summed E-state index contributed by atoms with van der Waals surface area (Å²) in [5, 5.41) is 2.91. The molecule has 0 bridgehead atoms. The molecule has 0 spiro atoms. The fourth-order valence-corrected chi connectivity index (χ4v) is 2.56. The van der Waals surface area contributed by atoms with Crippen molar-refractivity contribution in [3.05, 3.63) is 59.9 Å². The summed E-state index contributed by atoms with van der Waals surface area (Å²) in [5.74, 6) is -0.741. The van der Waals surface area contributed by atoms with E-state index in [2.05, 4.69) is 10.2 Å². The molecule has 2 rings (SSSR count). The Hall–Kier alpha value is -2.20. The summed E-state index contributed by atoms with van der Waals surface area (Å²) in [6.07, 6.45) is 0.896. The molecule has 0 heterocycles. The molecule has 2 aromatic rings. The molecular weight excluding hydrogens is 303 g/mol. The number of rotatable bonds is 7. The summed E-state index contributed by atoms with van der Waals surface area (Å²) < 4.78 is 14.4. The van der Waals surface area contributed by atoms with Crippen LogP contribution in [0, 0.1) is 5.82 Å². The Morgan fingerprint density at radius 2 is 1.88 bits per heavy atom. The second-order valence-electron chi connectivity index (χ2n) is 6.27. The highest BCUT2D eigenvalue weighted by Crippen LogP contribution is 2.26. The first-order valence-corrected chi connectivity index (χ1v) is 8.26. The first-order valence-electron chi connectivity index (χ1n) is 8.26. The van der Waals surface area contributed by atoms with E-state index in [0.717, 1.165) is 18.5 Å². The van der Waals surface area contributed by atoms with Gasteiger partial charge >= 0.3 is 0 Å². The first-order chi connectivity index (χ1) is 11.5. The second-order valence-corrected chi connectivity index (χ2v) is 6.27. The number of carbonyl (C=O) groups excluding carboxylic acids is 1. The Balaban J connectivity index is 2.01. The molecule has 1 amide bonds. The predicted molar refractivity (Wildman–Crippen MR) is 96.4 cm³/mol. The van der Waals surface area contributed by atoms with Crippen molar-refractivity contribution in [3.63, 3.8) is 0 Å². The van der Waals surface area contributed by atoms with Crippen LogP contribution in [0.4, 0.5) is 4.39 Å². The van der Waals surface area contributed by atoms with Crippen LogP contribution in [0.1, 0.15) is 24.8 Å². The molecule has 0 saturated heterocycles. The Morgan fingerprint density at radius 3 is 2.50 bits per heavy atom. The van der Waals surface area contributed by atoms with Gasteiger partial charge in [-0.3, -0.25) is 4.79 Å². The maximum atomic E-state index is 14.4. The van der Waals surface area contributed by atoms with Gasteiger partial charge in [-0.1, -0.05) is 42.5 Å². The van der Waals surface area contributed by atoms with Crippen LogP contribution in [-0.4, -0.2) is 38.0 Å². The summed E-state index contributed by atoms with van der Waals surface area (Å²) in [6, 6.07) is 14.5. The van der Waals surface area contributed by atoms with E-state index >= 15 is 0 Å². The van der Waals surface area contributed by atoms with Gasteiger partial charge in [0.1, 0.15) is 5.82 Å². The summed E-state index contributed by atoms with van der Waals surface area (Å²) >= 11 is 0. The second kappa shape index (κ2) is 8.60. The molecule has 2 aromatic carbocycles. The molecule has 24 heavy (non-hydrogen) atoms. The molecule has 1 atom stereocenters. The van der Waals surface area contributed by atoms with E-state index in [-0.39, 0.29) is 17.6 Å². The number of carbonyl (C=O) groups is 1. The maximum absolute atomic E-state index is 14.4. The van der Waals surface area contributed by atoms with E-state index in [4.69, 9.17) is 0 Å². The molecule has 0 radical (unpaired) electrons. The van der Waals surface area contributed by atoms with E-state index in [1.54, 1.807) is 13.0 Å². The molecule has 0 aromatic heterocycles. The molecule has 0 aliphatic heterocycles. The maximum Gasteiger partial charge on any atom is 0.227 e. The smallest absolute Gasteiger partial charge is 0.227 e. The zero-order valence-electron chi connectivity index (χ0n) is 14.6. The lowest BCUT2D eigenvalue weighted by Crippen LogP contribution is -2.30. The minimum atomic E-state index is -0.372. The average Bonchev–Trinajstić information content (AvgIpc) is 2.58. The third kappa shape index (κ3) is 4.90. The highest BCUT2D eigenvalue weighted by molar-refractivity contribution is 5.83. The molecule has 3 nitrogen and oxygen atoms in total. The zero-order chi connectivity index (χ0) is 17.5. The average molecular weight is 328 g/mol. The Labute approximate surface area is 143 Å². The lowest BCUT2D eigenvalue weighted by molar-refractivity contribution is -0.122. The van der Waals surface area contributed by atoms with Crippen LogP contribution in [0.25, 0.3) is 11.1 Å². The van der Waals surface area contributed by atoms with Crippen molar-refractivity contribution < 1.29 is 9.18 Å². The topological polar surface area (TPSA) is 32.3 Å². The molecule has 128 valence electrons. The van der Waals surface area contributed by atoms with Crippen molar-refractivity contribution in [2.75, 3.05) is 27.2 Å². The van der Waals surface area contributed by atoms with Crippen molar-refractivity contribution in [2.24, 2.45) is 0 Å². The molecular formula is C20H25FN2O. The normalized spacial score (nSPS) is 12.2. The van der Waals surface area contributed by atoms with Gasteiger partial charge in [-0.15, -0.1) is 0 Å². The van der Waals surface area contributed by atoms with E-state index in [1.165, 1.54) is 6.07 Å². The molecule has 0 saturated carbocycles. The van der Waals surface area contributed by atoms with E-state index in [1.807, 2.05) is 50.5 Å². The highest BCUT2D eigenvalue weighted by atomic mass is 19.1. The first kappa shape index (κ1) is 18.1. The minimum absolute atomic E-state index is 0.0689. The lowest BCUT2D eigenvalue weighted by atomic mass is 9.96. The molecule has 4 heteroatoms. The van der Waals surface area contributed by atoms with Crippen molar-refractivity contribution in [3.8, 4) is 11.1 Å². The molecule has 1 unspecified atom stereocenters. The van der Waals surface area contributed by atoms with Crippen molar-refractivity contribution >= 4 is 5.91 Å². The monoisotopic (exact) mass is 328 g/mol. The van der Waals surface area contributed by atoms with Crippen LogP contribution in [-0.2, 0) is 4.79 Å². The fraction of sp³-hybridized carbons (Fsp3) is 0.350. The third-order valence-electron chi connectivity index (χ3n) is 4.05. The minimum Gasteiger partial charge on any atom is -0.356 e. The van der Waals surface area contributed by atoms with Gasteiger partial charge < -0.3 is 10.2 Å². The summed E-state index contributed by atoms with van der Waals surface area (Å²) in [4.78, 5) is 14.3. The fourth-order valence-electron chi connectivity index (χ4n) is 2.56. The number of nitrogens with zero attached hydrogens (tertiary/aromatic N) is 1. The van der Waals surface area contributed by atoms with Crippen molar-refractivity contribution in [1.82, 2.24) is 10.2 Å². The van der Waals surface area contributed by atoms with E-state index in [9.17, 15) is 9.18 Å². The number of benzene rings is 2. The van der Waals surface area contributed by atoms with Gasteiger partial charge in [0.15, 0.2) is 0 Å². The number of hydrogen-bond acceptors (Lipinski definition) is 2. The van der Waals surface area contributed by atoms with Crippen molar-refractivity contribution in [2.45, 2.75) is 19.3 Å². The van der Waals surface area contributed by atoms with Gasteiger partial charge in [0.25, 0.3) is 0 Å². The van der Waals surface area contributed by atoms with Crippen LogP contribution >= 0.6 is 0 Å². The summed E-state index contributed by atoms with van der Waals surface area (Å²) in [6.45, 7) is 3.36. The SMILES string of the molecule is CC(C(=O)NCCCN(C)C)c1ccc(-c2ccccc2)c(F)c1. The predicted octanol–water partition coefficient (Wildman–Crippen LogP) is 3.66. The number of nitrogens with one attached hydrogen (secondary N) is 1. The van der Waals surface area contributed by atoms with Gasteiger partial charge in [0.05, 0.1) is 5.92 Å². The quantitative estimate of drug-likeness (QED) is 0.787. The van der Waals surface area contributed by atoms with Crippen LogP contribution in [0.5, 0.6) is 0 Å². The van der Waals surface area contributed by atoms with Gasteiger partial charge in [0.2, 0.25) is 5.91 Å². The van der Waals surface area contributed by atoms with Crippen molar-refractivity contribution in [1.29, 1.82) is 0 Å². The lowest BCUT2D eigenvalue weighted by Gasteiger charge is -2.15. The van der Waals surface area contributed by atoms with E-state index in [0.29, 0.717) is 17.7 Å². The molecule has 0 aliphatic rings. The van der Waals surface area contributed by atoms with Crippen LogP contribution in [0.15, 0.2) is 48.5 Å². The number of amides is 1. The standard InChI is InChI=1S/C20H25FN2O/c1-15(20(24)22-12-7-13-23(2)3)17-10-11-18(19(21)14-17)16-8-5-4-6-9-16/h4-6,8-11,14-15H,7,12-13H2,1-3H3,(H,22,24). The zero-order valence-corrected chi connectivity index (χ0v) is 14.6. The number of halogens is 1. The van der Waals surface area contributed by atoms with Gasteiger partial charge in [0, 0.05) is 12.1 Å².